The van der Waals surface area contributed by atoms with Crippen molar-refractivity contribution in [1.29, 1.82) is 0 Å². The Morgan fingerprint density at radius 2 is 1.63 bits per heavy atom. The van der Waals surface area contributed by atoms with E-state index in [9.17, 15) is 29.4 Å². The third kappa shape index (κ3) is 3.49. The summed E-state index contributed by atoms with van der Waals surface area (Å²) in [4.78, 5) is 55.1. The van der Waals surface area contributed by atoms with Gasteiger partial charge in [0.2, 0.25) is 11.8 Å². The van der Waals surface area contributed by atoms with Crippen molar-refractivity contribution < 1.29 is 29.4 Å². The maximum atomic E-state index is 13.0. The molecule has 0 radical (unpaired) electrons. The molecule has 0 aromatic heterocycles. The van der Waals surface area contributed by atoms with Crippen LogP contribution in [0.1, 0.15) is 39.5 Å². The highest BCUT2D eigenvalue weighted by Gasteiger charge is 2.62. The van der Waals surface area contributed by atoms with Gasteiger partial charge in [0.1, 0.15) is 23.7 Å². The minimum Gasteiger partial charge on any atom is -0.391 e. The number of carbonyl (C=O) groups is 4. The number of hydrogen-bond donors (Lipinski definition) is 4. The van der Waals surface area contributed by atoms with Gasteiger partial charge in [-0.05, 0) is 39.5 Å². The Morgan fingerprint density at radius 3 is 2.20 bits per heavy atom. The number of likely N-dealkylation sites (tertiary alicyclic amines) is 3. The molecule has 11 nitrogen and oxygen atoms in total. The molecule has 11 heteroatoms. The van der Waals surface area contributed by atoms with E-state index in [0.29, 0.717) is 38.8 Å². The summed E-state index contributed by atoms with van der Waals surface area (Å²) in [5, 5.41) is 19.2. The average molecular weight is 425 g/mol. The number of hydrogen-bond acceptors (Lipinski definition) is 8. The molecule has 2 unspecified atom stereocenters. The summed E-state index contributed by atoms with van der Waals surface area (Å²) in [6, 6.07) is -3.09. The van der Waals surface area contributed by atoms with Gasteiger partial charge >= 0.3 is 0 Å². The zero-order valence-corrected chi connectivity index (χ0v) is 17.4. The monoisotopic (exact) mass is 425 g/mol. The molecular formula is C19H31N5O6. The predicted octanol–water partition coefficient (Wildman–Crippen LogP) is -2.88. The lowest BCUT2D eigenvalue weighted by atomic mass is 9.84. The van der Waals surface area contributed by atoms with Gasteiger partial charge in [0.25, 0.3) is 11.8 Å². The number of carbonyl (C=O) groups excluding carboxylic acids is 4. The molecule has 30 heavy (non-hydrogen) atoms. The molecule has 6 atom stereocenters. The van der Waals surface area contributed by atoms with Crippen molar-refractivity contribution in [3.63, 3.8) is 0 Å². The number of amides is 4. The van der Waals surface area contributed by atoms with Gasteiger partial charge in [-0.25, -0.2) is 0 Å². The second kappa shape index (κ2) is 8.22. The van der Waals surface area contributed by atoms with E-state index in [1.54, 1.807) is 0 Å². The van der Waals surface area contributed by atoms with Crippen LogP contribution in [0.15, 0.2) is 0 Å². The van der Waals surface area contributed by atoms with Crippen LogP contribution in [-0.2, 0) is 19.2 Å². The number of imide groups is 1. The van der Waals surface area contributed by atoms with Crippen molar-refractivity contribution in [2.24, 2.45) is 11.5 Å². The van der Waals surface area contributed by atoms with Crippen molar-refractivity contribution in [1.82, 2.24) is 14.7 Å². The van der Waals surface area contributed by atoms with E-state index in [1.165, 1.54) is 23.6 Å². The number of β-lactam (4-membered cyclic amide) rings is 1. The number of aliphatic hydroxyl groups excluding tert-OH is 2. The van der Waals surface area contributed by atoms with E-state index in [0.717, 1.165) is 4.90 Å². The van der Waals surface area contributed by atoms with Crippen molar-refractivity contribution in [3.05, 3.63) is 0 Å². The Bertz CT molecular complexity index is 735. The number of nitrogens with zero attached hydrogens (tertiary/aromatic N) is 3. The van der Waals surface area contributed by atoms with Gasteiger partial charge in [-0.3, -0.25) is 24.1 Å². The summed E-state index contributed by atoms with van der Waals surface area (Å²) in [5.41, 5.74) is 10.4. The molecule has 3 fully saturated rings. The summed E-state index contributed by atoms with van der Waals surface area (Å²) >= 11 is 0. The van der Waals surface area contributed by atoms with Gasteiger partial charge in [-0.2, -0.15) is 0 Å². The summed E-state index contributed by atoms with van der Waals surface area (Å²) in [6.07, 6.45) is -0.0884. The Labute approximate surface area is 174 Å². The molecule has 3 rings (SSSR count). The van der Waals surface area contributed by atoms with Crippen LogP contribution in [0.2, 0.25) is 0 Å². The Hall–Kier alpha value is -2.08. The molecule has 3 saturated heterocycles. The molecule has 168 valence electrons. The van der Waals surface area contributed by atoms with Crippen molar-refractivity contribution >= 4 is 23.6 Å². The SMILES string of the molecule is C[C@@H](O)[C@H](N)C(=O)N1CCCC1C(=O)N1CC2(CCCN2C(=O)[C@@H](N)[C@@H](C)O)C1=O. The topological polar surface area (TPSA) is 170 Å². The second-order valence-electron chi connectivity index (χ2n) is 8.58. The van der Waals surface area contributed by atoms with E-state index in [4.69, 9.17) is 11.5 Å². The van der Waals surface area contributed by atoms with E-state index in [2.05, 4.69) is 0 Å². The van der Waals surface area contributed by atoms with Crippen LogP contribution in [-0.4, -0.2) is 104 Å². The fraction of sp³-hybridized carbons (Fsp3) is 0.789. The Kier molecular flexibility index (Phi) is 6.19. The van der Waals surface area contributed by atoms with Crippen LogP contribution in [0, 0.1) is 0 Å². The second-order valence-corrected chi connectivity index (χ2v) is 8.58. The van der Waals surface area contributed by atoms with Crippen LogP contribution in [0.3, 0.4) is 0 Å². The molecule has 0 bridgehead atoms. The first-order valence-electron chi connectivity index (χ1n) is 10.4. The van der Waals surface area contributed by atoms with E-state index in [1.807, 2.05) is 0 Å². The lowest BCUT2D eigenvalue weighted by molar-refractivity contribution is -0.176. The quantitative estimate of drug-likeness (QED) is 0.269. The largest absolute Gasteiger partial charge is 0.391 e. The van der Waals surface area contributed by atoms with Gasteiger partial charge in [0.15, 0.2) is 0 Å². The molecule has 0 aliphatic carbocycles. The predicted molar refractivity (Wildman–Crippen MR) is 104 cm³/mol. The number of nitrogens with two attached hydrogens (primary N) is 2. The first-order valence-corrected chi connectivity index (χ1v) is 10.4. The lowest BCUT2D eigenvalue weighted by Gasteiger charge is -2.51. The van der Waals surface area contributed by atoms with Crippen LogP contribution < -0.4 is 11.5 Å². The van der Waals surface area contributed by atoms with Gasteiger partial charge in [0.05, 0.1) is 18.8 Å². The highest BCUT2D eigenvalue weighted by Crippen LogP contribution is 2.40. The molecule has 0 saturated carbocycles. The normalized spacial score (nSPS) is 30.3. The molecule has 3 aliphatic rings. The van der Waals surface area contributed by atoms with Gasteiger partial charge in [-0.1, -0.05) is 0 Å². The van der Waals surface area contributed by atoms with E-state index in [-0.39, 0.29) is 6.54 Å². The smallest absolute Gasteiger partial charge is 0.257 e. The third-order valence-corrected chi connectivity index (χ3v) is 6.51. The number of rotatable bonds is 5. The maximum absolute atomic E-state index is 13.0. The molecule has 0 aromatic rings. The van der Waals surface area contributed by atoms with Crippen molar-refractivity contribution in [2.45, 2.75) is 75.4 Å². The lowest BCUT2D eigenvalue weighted by Crippen LogP contribution is -2.76. The summed E-state index contributed by atoms with van der Waals surface area (Å²) in [5.74, 6) is -2.00. The summed E-state index contributed by atoms with van der Waals surface area (Å²) in [6.45, 7) is 3.53. The highest BCUT2D eigenvalue weighted by atomic mass is 16.3. The standard InChI is InChI=1S/C19H31N5O6/c1-10(25)13(20)16(28)22-7-3-5-12(22)15(27)23-9-19(18(23)30)6-4-8-24(19)17(29)14(21)11(2)26/h10-14,25-26H,3-9,20-21H2,1-2H3/t10-,11-,12?,13+,14+,19?/m1/s1. The fourth-order valence-corrected chi connectivity index (χ4v) is 4.58. The molecule has 3 heterocycles. The van der Waals surface area contributed by atoms with Crippen LogP contribution >= 0.6 is 0 Å². The molecule has 4 amide bonds. The van der Waals surface area contributed by atoms with Gasteiger partial charge < -0.3 is 31.5 Å². The Morgan fingerprint density at radius 1 is 1.03 bits per heavy atom. The first-order chi connectivity index (χ1) is 14.0. The van der Waals surface area contributed by atoms with E-state index < -0.39 is 59.5 Å². The van der Waals surface area contributed by atoms with Gasteiger partial charge in [-0.15, -0.1) is 0 Å². The molecule has 3 aliphatic heterocycles. The zero-order valence-electron chi connectivity index (χ0n) is 17.4. The van der Waals surface area contributed by atoms with E-state index >= 15 is 0 Å². The molecular weight excluding hydrogens is 394 g/mol. The third-order valence-electron chi connectivity index (χ3n) is 6.51. The molecule has 0 aromatic carbocycles. The Balaban J connectivity index is 1.72. The van der Waals surface area contributed by atoms with Crippen molar-refractivity contribution in [2.75, 3.05) is 19.6 Å². The van der Waals surface area contributed by atoms with Crippen LogP contribution in [0.5, 0.6) is 0 Å². The first kappa shape index (κ1) is 22.6. The average Bonchev–Trinajstić information content (AvgIpc) is 3.37. The van der Waals surface area contributed by atoms with Crippen molar-refractivity contribution in [3.8, 4) is 0 Å². The molecule has 1 spiro atoms. The van der Waals surface area contributed by atoms with Crippen LogP contribution in [0.25, 0.3) is 0 Å². The zero-order chi connectivity index (χ0) is 22.4. The number of aliphatic hydroxyl groups is 2. The minimum atomic E-state index is -1.14. The van der Waals surface area contributed by atoms with Crippen LogP contribution in [0.4, 0.5) is 0 Å². The summed E-state index contributed by atoms with van der Waals surface area (Å²) < 4.78 is 0. The highest BCUT2D eigenvalue weighted by molar-refractivity contribution is 6.09. The maximum Gasteiger partial charge on any atom is 0.257 e. The minimum absolute atomic E-state index is 0.0456. The summed E-state index contributed by atoms with van der Waals surface area (Å²) in [7, 11) is 0. The molecule has 6 N–H and O–H groups in total. The fourth-order valence-electron chi connectivity index (χ4n) is 4.58. The van der Waals surface area contributed by atoms with Gasteiger partial charge in [0, 0.05) is 13.1 Å².